The molecule has 0 radical (unpaired) electrons. The van der Waals surface area contributed by atoms with Gasteiger partial charge in [-0.1, -0.05) is 18.7 Å². The Balaban J connectivity index is 2.01. The van der Waals surface area contributed by atoms with Gasteiger partial charge in [-0.25, -0.2) is 9.37 Å². The number of aromatic nitrogens is 2. The molecule has 0 unspecified atom stereocenters. The van der Waals surface area contributed by atoms with Crippen LogP contribution in [-0.4, -0.2) is 28.2 Å². The molecule has 0 saturated carbocycles. The number of benzene rings is 1. The molecule has 2 rings (SSSR count). The normalized spacial score (nSPS) is 10.6. The highest BCUT2D eigenvalue weighted by molar-refractivity contribution is 7.99. The monoisotopic (exact) mass is 308 g/mol. The molecule has 6 heteroatoms. The van der Waals surface area contributed by atoms with Crippen molar-refractivity contribution in [2.45, 2.75) is 25.0 Å². The summed E-state index contributed by atoms with van der Waals surface area (Å²) in [4.78, 5) is 16.3. The van der Waals surface area contributed by atoms with Crippen molar-refractivity contribution in [1.29, 1.82) is 0 Å². The van der Waals surface area contributed by atoms with E-state index in [9.17, 15) is 9.18 Å². The Labute approximate surface area is 127 Å². The summed E-state index contributed by atoms with van der Waals surface area (Å²) in [6, 6.07) is 4.24. The Kier molecular flexibility index (Phi) is 5.38. The first-order valence-corrected chi connectivity index (χ1v) is 7.65. The standard InChI is InChI=1S/C15H17FN2O2S/c1-3-7-18-8-6-17-15(18)21-10-13(19)11-4-5-14(20-2)12(16)9-11/h4-6,8-9H,3,7,10H2,1-2H3. The summed E-state index contributed by atoms with van der Waals surface area (Å²) in [5.74, 6) is -0.293. The number of ether oxygens (including phenoxy) is 1. The van der Waals surface area contributed by atoms with Crippen LogP contribution in [0.3, 0.4) is 0 Å². The van der Waals surface area contributed by atoms with Crippen LogP contribution in [-0.2, 0) is 6.54 Å². The summed E-state index contributed by atoms with van der Waals surface area (Å²) in [6.45, 7) is 2.95. The van der Waals surface area contributed by atoms with Gasteiger partial charge in [0.25, 0.3) is 0 Å². The number of carbonyl (C=O) groups is 1. The minimum absolute atomic E-state index is 0.132. The van der Waals surface area contributed by atoms with E-state index in [1.54, 1.807) is 12.3 Å². The molecule has 0 aliphatic rings. The number of halogens is 1. The van der Waals surface area contributed by atoms with E-state index in [2.05, 4.69) is 11.9 Å². The van der Waals surface area contributed by atoms with Crippen molar-refractivity contribution < 1.29 is 13.9 Å². The van der Waals surface area contributed by atoms with Crippen molar-refractivity contribution >= 4 is 17.5 Å². The lowest BCUT2D eigenvalue weighted by molar-refractivity contribution is 0.102. The van der Waals surface area contributed by atoms with Gasteiger partial charge in [0, 0.05) is 24.5 Å². The van der Waals surface area contributed by atoms with Crippen LogP contribution in [0.15, 0.2) is 35.7 Å². The fraction of sp³-hybridized carbons (Fsp3) is 0.333. The summed E-state index contributed by atoms with van der Waals surface area (Å²) >= 11 is 1.36. The third kappa shape index (κ3) is 3.85. The number of ketones is 1. The van der Waals surface area contributed by atoms with E-state index in [-0.39, 0.29) is 17.3 Å². The number of methoxy groups -OCH3 is 1. The van der Waals surface area contributed by atoms with Gasteiger partial charge in [0.15, 0.2) is 22.5 Å². The summed E-state index contributed by atoms with van der Waals surface area (Å²) in [6.07, 6.45) is 4.61. The van der Waals surface area contributed by atoms with Gasteiger partial charge in [-0.15, -0.1) is 0 Å². The van der Waals surface area contributed by atoms with E-state index in [1.165, 1.54) is 31.0 Å². The molecule has 4 nitrogen and oxygen atoms in total. The molecule has 2 aromatic rings. The predicted octanol–water partition coefficient (Wildman–Crippen LogP) is 3.42. The first-order valence-electron chi connectivity index (χ1n) is 6.66. The molecule has 0 aliphatic carbocycles. The van der Waals surface area contributed by atoms with Gasteiger partial charge in [0.05, 0.1) is 12.9 Å². The number of carbonyl (C=O) groups excluding carboxylic acids is 1. The van der Waals surface area contributed by atoms with E-state index in [1.807, 2.05) is 10.8 Å². The number of aryl methyl sites for hydroxylation is 1. The molecular formula is C15H17FN2O2S. The molecule has 0 spiro atoms. The predicted molar refractivity (Wildman–Crippen MR) is 80.5 cm³/mol. The van der Waals surface area contributed by atoms with Crippen molar-refractivity contribution in [3.8, 4) is 5.75 Å². The van der Waals surface area contributed by atoms with Crippen LogP contribution >= 0.6 is 11.8 Å². The van der Waals surface area contributed by atoms with Crippen molar-refractivity contribution in [2.24, 2.45) is 0 Å². The maximum Gasteiger partial charge on any atom is 0.173 e. The molecule has 0 fully saturated rings. The second-order valence-electron chi connectivity index (χ2n) is 4.46. The van der Waals surface area contributed by atoms with Crippen LogP contribution < -0.4 is 4.74 Å². The lowest BCUT2D eigenvalue weighted by Crippen LogP contribution is -2.05. The highest BCUT2D eigenvalue weighted by Crippen LogP contribution is 2.21. The third-order valence-electron chi connectivity index (χ3n) is 2.95. The van der Waals surface area contributed by atoms with Crippen LogP contribution in [0.4, 0.5) is 4.39 Å². The summed E-state index contributed by atoms with van der Waals surface area (Å²) in [7, 11) is 1.39. The summed E-state index contributed by atoms with van der Waals surface area (Å²) in [5.41, 5.74) is 0.342. The molecule has 0 aliphatic heterocycles. The Hall–Kier alpha value is -1.82. The SMILES string of the molecule is CCCn1ccnc1SCC(=O)c1ccc(OC)c(F)c1. The van der Waals surface area contributed by atoms with E-state index in [4.69, 9.17) is 4.74 Å². The third-order valence-corrected chi connectivity index (χ3v) is 3.95. The van der Waals surface area contributed by atoms with Gasteiger partial charge in [-0.3, -0.25) is 4.79 Å². The Bertz CT molecular complexity index is 628. The second-order valence-corrected chi connectivity index (χ2v) is 5.41. The molecule has 112 valence electrons. The molecule has 1 heterocycles. The molecule has 1 aromatic heterocycles. The summed E-state index contributed by atoms with van der Waals surface area (Å²) in [5, 5.41) is 0.805. The van der Waals surface area contributed by atoms with Crippen molar-refractivity contribution in [2.75, 3.05) is 12.9 Å². The minimum atomic E-state index is -0.527. The average Bonchev–Trinajstić information content (AvgIpc) is 2.92. The number of Topliss-reactive ketones (excluding diaryl/α,β-unsaturated/α-hetero) is 1. The van der Waals surface area contributed by atoms with Crippen LogP contribution in [0, 0.1) is 5.82 Å². The van der Waals surface area contributed by atoms with Crippen LogP contribution in [0.2, 0.25) is 0 Å². The van der Waals surface area contributed by atoms with E-state index in [0.717, 1.165) is 18.1 Å². The number of hydrogen-bond acceptors (Lipinski definition) is 4. The minimum Gasteiger partial charge on any atom is -0.494 e. The smallest absolute Gasteiger partial charge is 0.173 e. The van der Waals surface area contributed by atoms with Gasteiger partial charge in [-0.2, -0.15) is 0 Å². The maximum atomic E-state index is 13.6. The molecule has 0 N–H and O–H groups in total. The number of hydrogen-bond donors (Lipinski definition) is 0. The highest BCUT2D eigenvalue weighted by Gasteiger charge is 2.12. The largest absolute Gasteiger partial charge is 0.494 e. The van der Waals surface area contributed by atoms with Gasteiger partial charge in [0.1, 0.15) is 0 Å². The lowest BCUT2D eigenvalue weighted by atomic mass is 10.1. The van der Waals surface area contributed by atoms with E-state index >= 15 is 0 Å². The topological polar surface area (TPSA) is 44.1 Å². The number of nitrogens with zero attached hydrogens (tertiary/aromatic N) is 2. The van der Waals surface area contributed by atoms with Gasteiger partial charge >= 0.3 is 0 Å². The van der Waals surface area contributed by atoms with Crippen LogP contribution in [0.5, 0.6) is 5.75 Å². The Morgan fingerprint density at radius 3 is 2.95 bits per heavy atom. The number of imidazole rings is 1. The summed E-state index contributed by atoms with van der Waals surface area (Å²) < 4.78 is 20.4. The Morgan fingerprint density at radius 2 is 2.29 bits per heavy atom. The van der Waals surface area contributed by atoms with Crippen LogP contribution in [0.25, 0.3) is 0 Å². The lowest BCUT2D eigenvalue weighted by Gasteiger charge is -2.06. The quantitative estimate of drug-likeness (QED) is 0.581. The molecular weight excluding hydrogens is 291 g/mol. The molecule has 1 aromatic carbocycles. The van der Waals surface area contributed by atoms with Crippen molar-refractivity contribution in [3.63, 3.8) is 0 Å². The van der Waals surface area contributed by atoms with Gasteiger partial charge in [0.2, 0.25) is 0 Å². The van der Waals surface area contributed by atoms with E-state index < -0.39 is 5.82 Å². The zero-order valence-corrected chi connectivity index (χ0v) is 12.8. The first-order chi connectivity index (χ1) is 10.2. The molecule has 0 amide bonds. The van der Waals surface area contributed by atoms with E-state index in [0.29, 0.717) is 5.56 Å². The highest BCUT2D eigenvalue weighted by atomic mass is 32.2. The number of thioether (sulfide) groups is 1. The van der Waals surface area contributed by atoms with Gasteiger partial charge < -0.3 is 9.30 Å². The second kappa shape index (κ2) is 7.26. The molecule has 0 bridgehead atoms. The molecule has 0 atom stereocenters. The molecule has 21 heavy (non-hydrogen) atoms. The zero-order valence-electron chi connectivity index (χ0n) is 12.0. The fourth-order valence-corrected chi connectivity index (χ4v) is 2.78. The van der Waals surface area contributed by atoms with Crippen LogP contribution in [0.1, 0.15) is 23.7 Å². The zero-order chi connectivity index (χ0) is 15.2. The van der Waals surface area contributed by atoms with Gasteiger partial charge in [-0.05, 0) is 24.6 Å². The first kappa shape index (κ1) is 15.6. The van der Waals surface area contributed by atoms with Crippen molar-refractivity contribution in [1.82, 2.24) is 9.55 Å². The van der Waals surface area contributed by atoms with Crippen molar-refractivity contribution in [3.05, 3.63) is 42.0 Å². The fourth-order valence-electron chi connectivity index (χ4n) is 1.90. The molecule has 0 saturated heterocycles. The Morgan fingerprint density at radius 1 is 1.48 bits per heavy atom. The average molecular weight is 308 g/mol. The number of rotatable bonds is 7. The maximum absolute atomic E-state index is 13.6.